The first-order chi connectivity index (χ1) is 6.18. The van der Waals surface area contributed by atoms with Crippen LogP contribution >= 0.6 is 11.6 Å². The molecule has 0 aliphatic carbocycles. The van der Waals surface area contributed by atoms with Crippen LogP contribution in [0, 0.1) is 6.92 Å². The molecule has 0 amide bonds. The summed E-state index contributed by atoms with van der Waals surface area (Å²) in [6.45, 7) is 1.91. The zero-order valence-corrected chi connectivity index (χ0v) is 7.85. The second-order valence-electron chi connectivity index (χ2n) is 2.98. The maximum Gasteiger partial charge on any atom is 0.248 e. The van der Waals surface area contributed by atoms with E-state index in [1.165, 1.54) is 6.07 Å². The molecule has 0 saturated heterocycles. The van der Waals surface area contributed by atoms with Crippen LogP contribution < -0.4 is 5.56 Å². The molecule has 0 aliphatic heterocycles. The Morgan fingerprint density at radius 3 is 2.69 bits per heavy atom. The Labute approximate surface area is 80.2 Å². The van der Waals surface area contributed by atoms with Crippen LogP contribution in [0.3, 0.4) is 0 Å². The monoisotopic (exact) mass is 193 g/mol. The van der Waals surface area contributed by atoms with Gasteiger partial charge in [0, 0.05) is 6.07 Å². The van der Waals surface area contributed by atoms with Gasteiger partial charge in [-0.3, -0.25) is 4.79 Å². The SMILES string of the molecule is Cc1ccc2ccc(=O)[nH]c2c1Cl. The summed E-state index contributed by atoms with van der Waals surface area (Å²) >= 11 is 6.03. The molecule has 1 N–H and O–H groups in total. The van der Waals surface area contributed by atoms with Gasteiger partial charge >= 0.3 is 0 Å². The number of rotatable bonds is 0. The van der Waals surface area contributed by atoms with E-state index in [0.29, 0.717) is 10.5 Å². The Bertz CT molecular complexity index is 516. The Kier molecular flexibility index (Phi) is 1.85. The molecular formula is C10H8ClNO. The van der Waals surface area contributed by atoms with E-state index >= 15 is 0 Å². The molecule has 0 radical (unpaired) electrons. The minimum atomic E-state index is -0.125. The molecule has 0 unspecified atom stereocenters. The highest BCUT2D eigenvalue weighted by Crippen LogP contribution is 2.23. The molecule has 0 spiro atoms. The Morgan fingerprint density at radius 1 is 1.23 bits per heavy atom. The lowest BCUT2D eigenvalue weighted by Gasteiger charge is -2.02. The van der Waals surface area contributed by atoms with E-state index in [-0.39, 0.29) is 5.56 Å². The highest BCUT2D eigenvalue weighted by atomic mass is 35.5. The lowest BCUT2D eigenvalue weighted by molar-refractivity contribution is 1.30. The minimum absolute atomic E-state index is 0.125. The fourth-order valence-corrected chi connectivity index (χ4v) is 1.51. The standard InChI is InChI=1S/C10H8ClNO/c1-6-2-3-7-4-5-8(13)12-10(7)9(6)11/h2-5H,1H3,(H,12,13). The van der Waals surface area contributed by atoms with Crippen molar-refractivity contribution in [3.05, 3.63) is 45.2 Å². The highest BCUT2D eigenvalue weighted by molar-refractivity contribution is 6.35. The second-order valence-corrected chi connectivity index (χ2v) is 3.36. The predicted molar refractivity (Wildman–Crippen MR) is 54.3 cm³/mol. The van der Waals surface area contributed by atoms with Gasteiger partial charge in [0.1, 0.15) is 0 Å². The highest BCUT2D eigenvalue weighted by Gasteiger charge is 2.01. The lowest BCUT2D eigenvalue weighted by Crippen LogP contribution is -2.02. The van der Waals surface area contributed by atoms with Gasteiger partial charge in [-0.2, -0.15) is 0 Å². The molecule has 2 rings (SSSR count). The van der Waals surface area contributed by atoms with Crippen molar-refractivity contribution in [2.45, 2.75) is 6.92 Å². The van der Waals surface area contributed by atoms with Crippen LogP contribution in [0.5, 0.6) is 0 Å². The summed E-state index contributed by atoms with van der Waals surface area (Å²) in [6, 6.07) is 7.13. The minimum Gasteiger partial charge on any atom is -0.321 e. The van der Waals surface area contributed by atoms with Crippen molar-refractivity contribution in [1.82, 2.24) is 4.98 Å². The third-order valence-corrected chi connectivity index (χ3v) is 2.52. The first-order valence-corrected chi connectivity index (χ1v) is 4.34. The Hall–Kier alpha value is -1.28. The van der Waals surface area contributed by atoms with Gasteiger partial charge in [-0.1, -0.05) is 23.7 Å². The number of nitrogens with one attached hydrogen (secondary N) is 1. The van der Waals surface area contributed by atoms with Crippen LogP contribution in [0.2, 0.25) is 5.02 Å². The van der Waals surface area contributed by atoms with Crippen LogP contribution in [0.25, 0.3) is 10.9 Å². The third kappa shape index (κ3) is 1.33. The Balaban J connectivity index is 2.97. The molecule has 0 saturated carbocycles. The number of aromatic amines is 1. The third-order valence-electron chi connectivity index (χ3n) is 2.03. The van der Waals surface area contributed by atoms with Crippen molar-refractivity contribution in [3.8, 4) is 0 Å². The summed E-state index contributed by atoms with van der Waals surface area (Å²) in [5.41, 5.74) is 1.56. The molecule has 1 aromatic heterocycles. The van der Waals surface area contributed by atoms with E-state index in [9.17, 15) is 4.79 Å². The first kappa shape index (κ1) is 8.32. The van der Waals surface area contributed by atoms with Gasteiger partial charge in [-0.05, 0) is 23.9 Å². The summed E-state index contributed by atoms with van der Waals surface area (Å²) in [4.78, 5) is 13.7. The second kappa shape index (κ2) is 2.89. The summed E-state index contributed by atoms with van der Waals surface area (Å²) in [7, 11) is 0. The van der Waals surface area contributed by atoms with Gasteiger partial charge in [-0.15, -0.1) is 0 Å². The van der Waals surface area contributed by atoms with Crippen LogP contribution in [0.1, 0.15) is 5.56 Å². The van der Waals surface area contributed by atoms with Crippen molar-refractivity contribution in [3.63, 3.8) is 0 Å². The number of benzene rings is 1. The van der Waals surface area contributed by atoms with Crippen LogP contribution in [0.4, 0.5) is 0 Å². The molecule has 66 valence electrons. The number of pyridine rings is 1. The molecule has 0 bridgehead atoms. The summed E-state index contributed by atoms with van der Waals surface area (Å²) in [5, 5.41) is 1.57. The molecule has 1 aromatic carbocycles. The van der Waals surface area contributed by atoms with Gasteiger partial charge in [0.05, 0.1) is 10.5 Å². The summed E-state index contributed by atoms with van der Waals surface area (Å²) in [6.07, 6.45) is 0. The number of fused-ring (bicyclic) bond motifs is 1. The molecule has 0 atom stereocenters. The van der Waals surface area contributed by atoms with Crippen LogP contribution in [0.15, 0.2) is 29.1 Å². The maximum absolute atomic E-state index is 11.0. The number of aryl methyl sites for hydroxylation is 1. The molecule has 2 aromatic rings. The largest absolute Gasteiger partial charge is 0.321 e. The van der Waals surface area contributed by atoms with E-state index in [0.717, 1.165) is 10.9 Å². The van der Waals surface area contributed by atoms with Crippen molar-refractivity contribution in [2.24, 2.45) is 0 Å². The summed E-state index contributed by atoms with van der Waals surface area (Å²) < 4.78 is 0. The molecule has 0 aliphatic rings. The van der Waals surface area contributed by atoms with Gasteiger partial charge in [0.25, 0.3) is 0 Å². The Morgan fingerprint density at radius 2 is 1.92 bits per heavy atom. The van der Waals surface area contributed by atoms with Gasteiger partial charge < -0.3 is 4.98 Å². The predicted octanol–water partition coefficient (Wildman–Crippen LogP) is 2.49. The van der Waals surface area contributed by atoms with Crippen molar-refractivity contribution in [1.29, 1.82) is 0 Å². The van der Waals surface area contributed by atoms with E-state index in [4.69, 9.17) is 11.6 Å². The van der Waals surface area contributed by atoms with Gasteiger partial charge in [0.2, 0.25) is 5.56 Å². The molecule has 1 heterocycles. The number of H-pyrrole nitrogens is 1. The first-order valence-electron chi connectivity index (χ1n) is 3.96. The molecule has 2 nitrogen and oxygen atoms in total. The average Bonchev–Trinajstić information content (AvgIpc) is 2.12. The van der Waals surface area contributed by atoms with Crippen LogP contribution in [-0.4, -0.2) is 4.98 Å². The number of halogens is 1. The smallest absolute Gasteiger partial charge is 0.248 e. The van der Waals surface area contributed by atoms with Crippen LogP contribution in [-0.2, 0) is 0 Å². The fraction of sp³-hybridized carbons (Fsp3) is 0.100. The topological polar surface area (TPSA) is 32.9 Å². The molecule has 3 heteroatoms. The molecule has 13 heavy (non-hydrogen) atoms. The van der Waals surface area contributed by atoms with Gasteiger partial charge in [-0.25, -0.2) is 0 Å². The lowest BCUT2D eigenvalue weighted by atomic mass is 10.1. The number of hydrogen-bond donors (Lipinski definition) is 1. The zero-order chi connectivity index (χ0) is 9.42. The van der Waals surface area contributed by atoms with Crippen molar-refractivity contribution >= 4 is 22.5 Å². The van der Waals surface area contributed by atoms with E-state index in [2.05, 4.69) is 4.98 Å². The fourth-order valence-electron chi connectivity index (χ4n) is 1.29. The van der Waals surface area contributed by atoms with Crippen molar-refractivity contribution in [2.75, 3.05) is 0 Å². The molecular weight excluding hydrogens is 186 g/mol. The maximum atomic E-state index is 11.0. The van der Waals surface area contributed by atoms with E-state index in [1.807, 2.05) is 19.1 Å². The average molecular weight is 194 g/mol. The van der Waals surface area contributed by atoms with Gasteiger partial charge in [0.15, 0.2) is 0 Å². The molecule has 0 fully saturated rings. The normalized spacial score (nSPS) is 10.6. The summed E-state index contributed by atoms with van der Waals surface area (Å²) in [5.74, 6) is 0. The quantitative estimate of drug-likeness (QED) is 0.685. The van der Waals surface area contributed by atoms with E-state index in [1.54, 1.807) is 6.07 Å². The van der Waals surface area contributed by atoms with E-state index < -0.39 is 0 Å². The van der Waals surface area contributed by atoms with Crippen molar-refractivity contribution < 1.29 is 0 Å². The zero-order valence-electron chi connectivity index (χ0n) is 7.10. The number of hydrogen-bond acceptors (Lipinski definition) is 1. The number of aromatic nitrogens is 1.